The fraction of sp³-hybridized carbons (Fsp3) is 0.938. The molecule has 0 aromatic heterocycles. The van der Waals surface area contributed by atoms with Gasteiger partial charge in [0.15, 0.2) is 6.35 Å². The average Bonchev–Trinajstić information content (AvgIpc) is 3.20. The monoisotopic (exact) mass is 935 g/mol. The van der Waals surface area contributed by atoms with Crippen LogP contribution in [0.2, 0.25) is 0 Å². The Morgan fingerprint density at radius 2 is 1.38 bits per heavy atom. The summed E-state index contributed by atoms with van der Waals surface area (Å²) in [6.45, 7) is 0.617. The number of azo groups is 1. The lowest BCUT2D eigenvalue weighted by molar-refractivity contribution is -0.145. The SMILES string of the molecule is CN(C)CC1CCC(S(=O)(=O)ON)C(N=NC2C(O)C3C(NC4NC(NCCC(=O)O)NC(OC5CCC(C(=O)O)CC5)N4)CCC(S(=O)(=O)ON)C3CC2S(=O)(=O)ON)C1. The highest BCUT2D eigenvalue weighted by molar-refractivity contribution is 7.88. The second-order valence-corrected chi connectivity index (χ2v) is 22.1. The highest BCUT2D eigenvalue weighted by atomic mass is 32.2. The van der Waals surface area contributed by atoms with Gasteiger partial charge in [0.2, 0.25) is 0 Å². The second kappa shape index (κ2) is 21.2. The van der Waals surface area contributed by atoms with Gasteiger partial charge in [-0.25, -0.2) is 0 Å². The molecule has 1 aliphatic heterocycles. The Kier molecular flexibility index (Phi) is 17.3. The number of nitrogens with one attached hydrogen (secondary N) is 5. The van der Waals surface area contributed by atoms with E-state index in [9.17, 15) is 50.2 Å². The molecule has 29 heteroatoms. The van der Waals surface area contributed by atoms with E-state index in [1.54, 1.807) is 0 Å². The van der Waals surface area contributed by atoms with Crippen LogP contribution in [0.25, 0.3) is 0 Å². The van der Waals surface area contributed by atoms with Gasteiger partial charge in [-0.2, -0.15) is 66.0 Å². The number of fused-ring (bicyclic) bond motifs is 1. The van der Waals surface area contributed by atoms with E-state index in [2.05, 4.69) is 49.7 Å². The predicted octanol–water partition coefficient (Wildman–Crippen LogP) is -3.59. The van der Waals surface area contributed by atoms with E-state index in [4.69, 9.17) is 22.4 Å². The quantitative estimate of drug-likeness (QED) is 0.0440. The molecule has 13 unspecified atom stereocenters. The van der Waals surface area contributed by atoms with E-state index >= 15 is 0 Å². The molecule has 352 valence electrons. The number of rotatable bonds is 19. The first-order valence-corrected chi connectivity index (χ1v) is 24.6. The van der Waals surface area contributed by atoms with E-state index in [1.165, 1.54) is 0 Å². The molecule has 0 bridgehead atoms. The molecule has 4 saturated carbocycles. The normalized spacial score (nSPS) is 38.0. The highest BCUT2D eigenvalue weighted by Crippen LogP contribution is 2.47. The summed E-state index contributed by atoms with van der Waals surface area (Å²) in [5.74, 6) is 10.9. The standard InChI is InChI=1S/C32H61N11O15S3/c1-43(2)15-16-3-9-23(60(51,52)57-34)21(13-16)41-42-27-24(61(53,54)58-35)14-19-22(59(49,50)56-33)10-8-20(26(19)28(27)46)37-31-38-30(36-12-11-25(44)45)39-32(40-31)55-18-6-4-17(5-7-18)29(47)48/h16-24,26-28,30-32,36-40,46H,3-15,33-35H2,1-2H3,(H,44,45)(H,47,48). The Bertz CT molecular complexity index is 1860. The van der Waals surface area contributed by atoms with Gasteiger partial charge in [0.05, 0.1) is 35.8 Å². The summed E-state index contributed by atoms with van der Waals surface area (Å²) in [5.41, 5.74) is 0. The number of ether oxygens (including phenoxy) is 1. The van der Waals surface area contributed by atoms with Gasteiger partial charge < -0.3 is 25.0 Å². The van der Waals surface area contributed by atoms with Crippen molar-refractivity contribution in [2.75, 3.05) is 27.2 Å². The zero-order valence-corrected chi connectivity index (χ0v) is 36.3. The molecule has 0 radical (unpaired) electrons. The Hall–Kier alpha value is -2.17. The molecule has 26 nitrogen and oxygen atoms in total. The maximum atomic E-state index is 13.5. The van der Waals surface area contributed by atoms with Gasteiger partial charge in [0.25, 0.3) is 30.4 Å². The molecule has 1 saturated heterocycles. The minimum absolute atomic E-state index is 0.0371. The van der Waals surface area contributed by atoms with Gasteiger partial charge in [-0.3, -0.25) is 36.2 Å². The van der Waals surface area contributed by atoms with Gasteiger partial charge in [-0.1, -0.05) is 0 Å². The number of carbonyl (C=O) groups is 2. The molecule has 5 rings (SSSR count). The van der Waals surface area contributed by atoms with Crippen molar-refractivity contribution in [1.29, 1.82) is 0 Å². The van der Waals surface area contributed by atoms with Crippen molar-refractivity contribution in [3.8, 4) is 0 Å². The molecule has 14 N–H and O–H groups in total. The third kappa shape index (κ3) is 12.6. The van der Waals surface area contributed by atoms with Crippen LogP contribution >= 0.6 is 0 Å². The van der Waals surface area contributed by atoms with Crippen molar-refractivity contribution < 1.29 is 67.8 Å². The average molecular weight is 936 g/mol. The first-order valence-electron chi connectivity index (χ1n) is 20.2. The third-order valence-corrected chi connectivity index (χ3v) is 17.2. The second-order valence-electron chi connectivity index (χ2n) is 16.7. The van der Waals surface area contributed by atoms with Crippen LogP contribution in [-0.2, 0) is 57.5 Å². The zero-order valence-electron chi connectivity index (χ0n) is 33.9. The van der Waals surface area contributed by atoms with Crippen LogP contribution in [0.5, 0.6) is 0 Å². The molecule has 5 fully saturated rings. The molecule has 61 heavy (non-hydrogen) atoms. The molecule has 0 aromatic carbocycles. The van der Waals surface area contributed by atoms with Gasteiger partial charge in [-0.15, -0.1) is 0 Å². The van der Waals surface area contributed by atoms with Crippen LogP contribution in [0.15, 0.2) is 10.2 Å². The van der Waals surface area contributed by atoms with E-state index < -0.39 is 125 Å². The Labute approximate surface area is 355 Å². The van der Waals surface area contributed by atoms with Gasteiger partial charge >= 0.3 is 11.9 Å². The number of aliphatic hydroxyl groups is 1. The first-order chi connectivity index (χ1) is 28.7. The van der Waals surface area contributed by atoms with E-state index in [0.29, 0.717) is 38.6 Å². The molecular weight excluding hydrogens is 875 g/mol. The summed E-state index contributed by atoms with van der Waals surface area (Å²) in [5, 5.41) is 51.2. The smallest absolute Gasteiger partial charge is 0.306 e. The summed E-state index contributed by atoms with van der Waals surface area (Å²) in [4.78, 5) is 24.7. The van der Waals surface area contributed by atoms with Crippen molar-refractivity contribution in [3.63, 3.8) is 0 Å². The van der Waals surface area contributed by atoms with Gasteiger partial charge in [0.1, 0.15) is 29.1 Å². The maximum Gasteiger partial charge on any atom is 0.306 e. The lowest BCUT2D eigenvalue weighted by Gasteiger charge is -2.52. The fourth-order valence-corrected chi connectivity index (χ4v) is 13.3. The molecular formula is C32H61N11O15S3. The molecule has 1 heterocycles. The molecule has 0 spiro atoms. The predicted molar refractivity (Wildman–Crippen MR) is 212 cm³/mol. The first kappa shape index (κ1) is 49.8. The van der Waals surface area contributed by atoms with Crippen LogP contribution in [0, 0.1) is 23.7 Å². The maximum absolute atomic E-state index is 13.5. The number of aliphatic hydroxyl groups excluding tert-OH is 1. The third-order valence-electron chi connectivity index (χ3n) is 12.6. The number of nitrogens with zero attached hydrogens (tertiary/aromatic N) is 3. The van der Waals surface area contributed by atoms with Crippen molar-refractivity contribution >= 4 is 42.3 Å². The molecule has 0 aromatic rings. The van der Waals surface area contributed by atoms with Crippen LogP contribution < -0.4 is 44.3 Å². The molecule has 5 aliphatic rings. The largest absolute Gasteiger partial charge is 0.481 e. The summed E-state index contributed by atoms with van der Waals surface area (Å²) < 4.78 is 98.9. The number of hydrogen-bond acceptors (Lipinski definition) is 24. The summed E-state index contributed by atoms with van der Waals surface area (Å²) >= 11 is 0. The molecule has 13 atom stereocenters. The molecule has 4 aliphatic carbocycles. The van der Waals surface area contributed by atoms with E-state index in [-0.39, 0.29) is 50.7 Å². The van der Waals surface area contributed by atoms with Crippen molar-refractivity contribution in [3.05, 3.63) is 0 Å². The van der Waals surface area contributed by atoms with Crippen molar-refractivity contribution in [2.45, 2.75) is 136 Å². The Morgan fingerprint density at radius 1 is 0.770 bits per heavy atom. The van der Waals surface area contributed by atoms with Crippen LogP contribution in [-0.4, -0.2) is 150 Å². The Balaban J connectivity index is 1.46. The summed E-state index contributed by atoms with van der Waals surface area (Å²) in [7, 11) is -9.95. The summed E-state index contributed by atoms with van der Waals surface area (Å²) in [6.07, 6.45) is -2.81. The topological polar surface area (TPSA) is 400 Å². The van der Waals surface area contributed by atoms with Crippen LogP contribution in [0.1, 0.15) is 70.6 Å². The fourth-order valence-electron chi connectivity index (χ4n) is 9.74. The summed E-state index contributed by atoms with van der Waals surface area (Å²) in [6, 6.07) is -3.51. The minimum Gasteiger partial charge on any atom is -0.481 e. The van der Waals surface area contributed by atoms with Crippen LogP contribution in [0.4, 0.5) is 0 Å². The zero-order chi connectivity index (χ0) is 44.9. The van der Waals surface area contributed by atoms with Gasteiger partial charge in [0, 0.05) is 25.0 Å². The lowest BCUT2D eigenvalue weighted by atomic mass is 9.65. The van der Waals surface area contributed by atoms with E-state index in [1.807, 2.05) is 19.0 Å². The number of hydrogen-bond donors (Lipinski definition) is 11. The molecule has 0 amide bonds. The van der Waals surface area contributed by atoms with E-state index in [0.717, 1.165) is 0 Å². The number of carboxylic acids is 2. The number of carboxylic acid groups (broad SMARTS) is 2. The van der Waals surface area contributed by atoms with Crippen LogP contribution in [0.3, 0.4) is 0 Å². The number of nitrogens with two attached hydrogens (primary N) is 3. The highest BCUT2D eigenvalue weighted by Gasteiger charge is 2.58. The van der Waals surface area contributed by atoms with Gasteiger partial charge in [-0.05, 0) is 90.1 Å². The van der Waals surface area contributed by atoms with Crippen molar-refractivity contribution in [2.24, 2.45) is 51.6 Å². The number of aliphatic carboxylic acids is 2. The van der Waals surface area contributed by atoms with Crippen molar-refractivity contribution in [1.82, 2.24) is 31.5 Å². The Morgan fingerprint density at radius 3 is 1.98 bits per heavy atom. The minimum atomic E-state index is -4.78. The lowest BCUT2D eigenvalue weighted by Crippen LogP contribution is -2.77.